The zero-order valence-electron chi connectivity index (χ0n) is 15.4. The molecule has 0 aliphatic carbocycles. The molecule has 11 heteroatoms. The van der Waals surface area contributed by atoms with Gasteiger partial charge < -0.3 is 16.2 Å². The second-order valence-electron chi connectivity index (χ2n) is 5.81. The van der Waals surface area contributed by atoms with Crippen LogP contribution in [0.1, 0.15) is 10.4 Å². The van der Waals surface area contributed by atoms with Gasteiger partial charge in [-0.05, 0) is 18.2 Å². The van der Waals surface area contributed by atoms with Gasteiger partial charge in [-0.15, -0.1) is 11.3 Å². The molecule has 8 nitrogen and oxygen atoms in total. The molecule has 30 heavy (non-hydrogen) atoms. The summed E-state index contributed by atoms with van der Waals surface area (Å²) in [5.41, 5.74) is 7.95. The number of nitrogens with two attached hydrogens (primary N) is 1. The van der Waals surface area contributed by atoms with E-state index in [0.717, 1.165) is 6.34 Å². The van der Waals surface area contributed by atoms with Gasteiger partial charge in [0.15, 0.2) is 0 Å². The Morgan fingerprint density at radius 3 is 2.87 bits per heavy atom. The maximum atomic E-state index is 9.97. The van der Waals surface area contributed by atoms with E-state index in [4.69, 9.17) is 39.5 Å². The summed E-state index contributed by atoms with van der Waals surface area (Å²) in [6.07, 6.45) is 2.38. The smallest absolute Gasteiger partial charge is 0.223 e. The van der Waals surface area contributed by atoms with Crippen molar-refractivity contribution in [2.45, 2.75) is 0 Å². The van der Waals surface area contributed by atoms with Gasteiger partial charge in [0.05, 0.1) is 27.6 Å². The minimum absolute atomic E-state index is 0.0734. The number of thiophene rings is 1. The summed E-state index contributed by atoms with van der Waals surface area (Å²) in [5, 5.41) is 29.9. The number of benzene rings is 1. The summed E-state index contributed by atoms with van der Waals surface area (Å²) in [6, 6.07) is 8.82. The Labute approximate surface area is 186 Å². The van der Waals surface area contributed by atoms with Crippen molar-refractivity contribution in [1.29, 1.82) is 10.7 Å². The summed E-state index contributed by atoms with van der Waals surface area (Å²) < 4.78 is 0. The van der Waals surface area contributed by atoms with Crippen LogP contribution in [0.15, 0.2) is 35.5 Å². The lowest BCUT2D eigenvalue weighted by Gasteiger charge is -2.07. The fourth-order valence-corrected chi connectivity index (χ4v) is 4.36. The number of aromatic nitrogens is 2. The van der Waals surface area contributed by atoms with Crippen LogP contribution in [0.3, 0.4) is 0 Å². The molecule has 0 amide bonds. The van der Waals surface area contributed by atoms with Crippen LogP contribution in [0, 0.1) is 16.7 Å². The number of aliphatic hydroxyl groups excluding tert-OH is 1. The number of nitriles is 1. The Morgan fingerprint density at radius 2 is 2.20 bits per heavy atom. The molecule has 0 atom stereocenters. The number of nitrogens with zero attached hydrogens (tertiary/aromatic N) is 4. The molecule has 0 unspecified atom stereocenters. The van der Waals surface area contributed by atoms with Crippen LogP contribution in [0.25, 0.3) is 21.7 Å². The molecular formula is C19H15Cl2N7OS. The molecule has 0 aliphatic rings. The van der Waals surface area contributed by atoms with Gasteiger partial charge in [-0.25, -0.2) is 15.0 Å². The van der Waals surface area contributed by atoms with Crippen LogP contribution in [0.5, 0.6) is 0 Å². The first-order valence-corrected chi connectivity index (χ1v) is 10.1. The average molecular weight is 460 g/mol. The van der Waals surface area contributed by atoms with Crippen molar-refractivity contribution in [3.8, 4) is 27.8 Å². The van der Waals surface area contributed by atoms with E-state index in [1.54, 1.807) is 30.5 Å². The van der Waals surface area contributed by atoms with Crippen LogP contribution >= 0.6 is 34.5 Å². The van der Waals surface area contributed by atoms with Crippen molar-refractivity contribution in [3.63, 3.8) is 0 Å². The minimum Gasteiger partial charge on any atom is -0.395 e. The first-order chi connectivity index (χ1) is 14.5. The van der Waals surface area contributed by atoms with Gasteiger partial charge in [-0.1, -0.05) is 29.3 Å². The van der Waals surface area contributed by atoms with E-state index < -0.39 is 0 Å². The van der Waals surface area contributed by atoms with Crippen LogP contribution in [0.4, 0.5) is 5.95 Å². The second-order valence-corrected chi connectivity index (χ2v) is 7.67. The molecule has 1 aromatic carbocycles. The number of aliphatic imine (C=N–C) groups is 1. The van der Waals surface area contributed by atoms with Gasteiger partial charge in [-0.2, -0.15) is 5.26 Å². The minimum atomic E-state index is -0.0734. The fourth-order valence-electron chi connectivity index (χ4n) is 2.71. The quantitative estimate of drug-likeness (QED) is 0.312. The third-order valence-electron chi connectivity index (χ3n) is 3.94. The van der Waals surface area contributed by atoms with Crippen molar-refractivity contribution >= 4 is 52.7 Å². The van der Waals surface area contributed by atoms with Crippen molar-refractivity contribution in [3.05, 3.63) is 50.9 Å². The molecule has 0 bridgehead atoms. The molecule has 152 valence electrons. The highest BCUT2D eigenvalue weighted by molar-refractivity contribution is 7.18. The van der Waals surface area contributed by atoms with Gasteiger partial charge in [-0.3, -0.25) is 5.41 Å². The van der Waals surface area contributed by atoms with E-state index in [-0.39, 0.29) is 19.0 Å². The summed E-state index contributed by atoms with van der Waals surface area (Å²) in [5.74, 6) is 0.388. The largest absolute Gasteiger partial charge is 0.395 e. The Balaban J connectivity index is 2.27. The van der Waals surface area contributed by atoms with E-state index in [2.05, 4.69) is 26.3 Å². The summed E-state index contributed by atoms with van der Waals surface area (Å²) in [7, 11) is 0. The SMILES string of the molecule is N#Cc1c(-c2ccnc(NCCO)n2)sc(C(N)=NC=N)c1-c1ccc(Cl)cc1Cl. The molecule has 0 fully saturated rings. The molecule has 0 saturated carbocycles. The zero-order valence-corrected chi connectivity index (χ0v) is 17.7. The van der Waals surface area contributed by atoms with E-state index >= 15 is 0 Å². The molecule has 3 aromatic rings. The predicted octanol–water partition coefficient (Wildman–Crippen LogP) is 3.77. The lowest BCUT2D eigenvalue weighted by atomic mass is 9.99. The standard InChI is InChI=1S/C19H15Cl2N7OS/c20-10-1-2-11(13(21)7-10)15-12(8-22)16(30-17(15)18(24)27-9-23)14-3-4-25-19(28-14)26-5-6-29/h1-4,7,9,29H,5-6H2,(H3,23,24,27)(H,25,26,28). The highest BCUT2D eigenvalue weighted by Gasteiger charge is 2.25. The van der Waals surface area contributed by atoms with Crippen molar-refractivity contribution < 1.29 is 5.11 Å². The van der Waals surface area contributed by atoms with Gasteiger partial charge in [0.1, 0.15) is 18.2 Å². The predicted molar refractivity (Wildman–Crippen MR) is 121 cm³/mol. The van der Waals surface area contributed by atoms with E-state index in [1.165, 1.54) is 11.3 Å². The molecule has 0 radical (unpaired) electrons. The van der Waals surface area contributed by atoms with E-state index in [9.17, 15) is 5.26 Å². The Kier molecular flexibility index (Phi) is 6.97. The molecular weight excluding hydrogens is 445 g/mol. The first-order valence-electron chi connectivity index (χ1n) is 8.53. The molecule has 3 rings (SSSR count). The van der Waals surface area contributed by atoms with Crippen LogP contribution in [-0.2, 0) is 0 Å². The van der Waals surface area contributed by atoms with Gasteiger partial charge in [0.2, 0.25) is 5.95 Å². The Hall–Kier alpha value is -3.03. The monoisotopic (exact) mass is 459 g/mol. The number of anilines is 1. The molecule has 0 aliphatic heterocycles. The Morgan fingerprint density at radius 1 is 1.40 bits per heavy atom. The topological polar surface area (TPSA) is 144 Å². The highest BCUT2D eigenvalue weighted by Crippen LogP contribution is 2.44. The number of amidine groups is 1. The molecule has 5 N–H and O–H groups in total. The zero-order chi connectivity index (χ0) is 21.7. The number of nitrogens with one attached hydrogen (secondary N) is 2. The average Bonchev–Trinajstić information content (AvgIpc) is 3.12. The Bertz CT molecular complexity index is 1170. The van der Waals surface area contributed by atoms with Crippen LogP contribution < -0.4 is 11.1 Å². The van der Waals surface area contributed by atoms with Gasteiger partial charge in [0.25, 0.3) is 0 Å². The van der Waals surface area contributed by atoms with Crippen LogP contribution in [-0.4, -0.2) is 40.4 Å². The number of hydrogen-bond donors (Lipinski definition) is 4. The fraction of sp³-hybridized carbons (Fsp3) is 0.105. The summed E-state index contributed by atoms with van der Waals surface area (Å²) >= 11 is 13.6. The van der Waals surface area contributed by atoms with E-state index in [1.807, 2.05) is 0 Å². The van der Waals surface area contributed by atoms with Crippen LogP contribution in [0.2, 0.25) is 10.0 Å². The number of hydrogen-bond acceptors (Lipinski definition) is 7. The lowest BCUT2D eigenvalue weighted by molar-refractivity contribution is 0.311. The normalized spacial score (nSPS) is 11.2. The van der Waals surface area contributed by atoms with Crippen molar-refractivity contribution in [2.75, 3.05) is 18.5 Å². The number of aliphatic hydroxyl groups is 1. The van der Waals surface area contributed by atoms with Crippen molar-refractivity contribution in [1.82, 2.24) is 9.97 Å². The summed E-state index contributed by atoms with van der Waals surface area (Å²) in [4.78, 5) is 13.4. The molecule has 2 aromatic heterocycles. The van der Waals surface area contributed by atoms with E-state index in [0.29, 0.717) is 48.1 Å². The molecule has 0 saturated heterocycles. The highest BCUT2D eigenvalue weighted by atomic mass is 35.5. The summed E-state index contributed by atoms with van der Waals surface area (Å²) in [6.45, 7) is 0.213. The third kappa shape index (κ3) is 4.42. The second kappa shape index (κ2) is 9.65. The van der Waals surface area contributed by atoms with Crippen molar-refractivity contribution in [2.24, 2.45) is 10.7 Å². The van der Waals surface area contributed by atoms with Gasteiger partial charge in [0, 0.05) is 33.9 Å². The number of rotatable bonds is 7. The third-order valence-corrected chi connectivity index (χ3v) is 5.72. The maximum Gasteiger partial charge on any atom is 0.223 e. The number of halogens is 2. The maximum absolute atomic E-state index is 9.97. The molecule has 0 spiro atoms. The molecule has 2 heterocycles. The first kappa shape index (κ1) is 21.7. The van der Waals surface area contributed by atoms with Gasteiger partial charge >= 0.3 is 0 Å². The lowest BCUT2D eigenvalue weighted by Crippen LogP contribution is -2.12.